The highest BCUT2D eigenvalue weighted by molar-refractivity contribution is 5.94. The van der Waals surface area contributed by atoms with Crippen molar-refractivity contribution in [3.8, 4) is 0 Å². The van der Waals surface area contributed by atoms with Crippen molar-refractivity contribution in [3.05, 3.63) is 28.3 Å². The Morgan fingerprint density at radius 3 is 2.67 bits per heavy atom. The highest BCUT2D eigenvalue weighted by atomic mass is 16.6. The number of nitrogens with zero attached hydrogens (tertiary/aromatic N) is 2. The van der Waals surface area contributed by atoms with E-state index in [9.17, 15) is 14.9 Å². The highest BCUT2D eigenvalue weighted by Gasteiger charge is 2.28. The van der Waals surface area contributed by atoms with Crippen LogP contribution >= 0.6 is 0 Å². The van der Waals surface area contributed by atoms with Gasteiger partial charge < -0.3 is 10.1 Å². The Kier molecular flexibility index (Phi) is 4.87. The Labute approximate surface area is 141 Å². The molecule has 0 spiro atoms. The molecule has 0 aromatic heterocycles. The van der Waals surface area contributed by atoms with Crippen LogP contribution in [0.25, 0.3) is 0 Å². The fourth-order valence-corrected chi connectivity index (χ4v) is 3.53. The van der Waals surface area contributed by atoms with E-state index in [2.05, 4.69) is 12.2 Å². The first-order valence-corrected chi connectivity index (χ1v) is 8.57. The minimum absolute atomic E-state index is 0.0232. The van der Waals surface area contributed by atoms with Crippen LogP contribution in [0.3, 0.4) is 0 Å². The normalized spacial score (nSPS) is 23.9. The first-order chi connectivity index (χ1) is 11.6. The number of carbonyl (C=O) groups is 1. The molecule has 0 radical (unpaired) electrons. The Hall–Kier alpha value is -2.31. The number of nitrogens with one attached hydrogen (secondary N) is 1. The third kappa shape index (κ3) is 3.44. The predicted octanol–water partition coefficient (Wildman–Crippen LogP) is 3.93. The number of cyclic esters (lactones) is 1. The SMILES string of the molecule is CCC1CCC(Nc2ccc([N+](=O)[O-])cc2N2CCOC2=O)CC1. The van der Waals surface area contributed by atoms with Gasteiger partial charge in [0, 0.05) is 18.2 Å². The number of benzene rings is 1. The molecule has 24 heavy (non-hydrogen) atoms. The second-order valence-corrected chi connectivity index (χ2v) is 6.49. The minimum Gasteiger partial charge on any atom is -0.447 e. The van der Waals surface area contributed by atoms with Crippen LogP contribution in [0.15, 0.2) is 18.2 Å². The topological polar surface area (TPSA) is 84.7 Å². The van der Waals surface area contributed by atoms with Gasteiger partial charge in [-0.15, -0.1) is 0 Å². The fraction of sp³-hybridized carbons (Fsp3) is 0.588. The molecule has 130 valence electrons. The maximum Gasteiger partial charge on any atom is 0.414 e. The van der Waals surface area contributed by atoms with Gasteiger partial charge in [0.05, 0.1) is 22.8 Å². The molecule has 2 aliphatic rings. The van der Waals surface area contributed by atoms with Crippen LogP contribution < -0.4 is 10.2 Å². The maximum atomic E-state index is 11.9. The van der Waals surface area contributed by atoms with Crippen LogP contribution in [-0.4, -0.2) is 30.2 Å². The van der Waals surface area contributed by atoms with Crippen molar-refractivity contribution in [2.75, 3.05) is 23.4 Å². The summed E-state index contributed by atoms with van der Waals surface area (Å²) in [7, 11) is 0. The Morgan fingerprint density at radius 1 is 1.33 bits per heavy atom. The lowest BCUT2D eigenvalue weighted by molar-refractivity contribution is -0.384. The average Bonchev–Trinajstić information content (AvgIpc) is 3.01. The van der Waals surface area contributed by atoms with E-state index in [4.69, 9.17) is 4.74 Å². The number of non-ortho nitro benzene ring substituents is 1. The van der Waals surface area contributed by atoms with E-state index in [1.54, 1.807) is 6.07 Å². The predicted molar refractivity (Wildman–Crippen MR) is 91.5 cm³/mol. The molecule has 1 aromatic rings. The molecule has 1 amide bonds. The van der Waals surface area contributed by atoms with E-state index in [0.29, 0.717) is 24.9 Å². The third-order valence-corrected chi connectivity index (χ3v) is 5.03. The Bertz CT molecular complexity index is 626. The molecule has 1 heterocycles. The lowest BCUT2D eigenvalue weighted by Crippen LogP contribution is -2.29. The van der Waals surface area contributed by atoms with E-state index >= 15 is 0 Å². The number of anilines is 2. The van der Waals surface area contributed by atoms with Crippen LogP contribution in [0, 0.1) is 16.0 Å². The van der Waals surface area contributed by atoms with Crippen molar-refractivity contribution in [2.24, 2.45) is 5.92 Å². The van der Waals surface area contributed by atoms with Crippen LogP contribution in [0.4, 0.5) is 21.9 Å². The van der Waals surface area contributed by atoms with Gasteiger partial charge in [0.25, 0.3) is 5.69 Å². The zero-order chi connectivity index (χ0) is 17.1. The number of nitro groups is 1. The van der Waals surface area contributed by atoms with Crippen molar-refractivity contribution in [3.63, 3.8) is 0 Å². The summed E-state index contributed by atoms with van der Waals surface area (Å²) in [6.07, 6.45) is 5.33. The smallest absolute Gasteiger partial charge is 0.414 e. The zero-order valence-electron chi connectivity index (χ0n) is 13.9. The molecule has 1 aromatic carbocycles. The highest BCUT2D eigenvalue weighted by Crippen LogP contribution is 2.35. The van der Waals surface area contributed by atoms with Gasteiger partial charge in [0.2, 0.25) is 0 Å². The van der Waals surface area contributed by atoms with Gasteiger partial charge in [-0.25, -0.2) is 4.79 Å². The third-order valence-electron chi connectivity index (χ3n) is 5.03. The summed E-state index contributed by atoms with van der Waals surface area (Å²) in [4.78, 5) is 24.0. The van der Waals surface area contributed by atoms with Gasteiger partial charge in [-0.1, -0.05) is 13.3 Å². The largest absolute Gasteiger partial charge is 0.447 e. The Balaban J connectivity index is 1.81. The van der Waals surface area contributed by atoms with Crippen LogP contribution in [0.1, 0.15) is 39.0 Å². The van der Waals surface area contributed by atoms with Gasteiger partial charge in [-0.05, 0) is 37.7 Å². The number of nitro benzene ring substituents is 1. The maximum absolute atomic E-state index is 11.9. The van der Waals surface area contributed by atoms with Gasteiger partial charge in [0.1, 0.15) is 6.61 Å². The molecule has 1 saturated heterocycles. The average molecular weight is 333 g/mol. The van der Waals surface area contributed by atoms with Gasteiger partial charge >= 0.3 is 6.09 Å². The van der Waals surface area contributed by atoms with E-state index in [1.165, 1.54) is 36.3 Å². The van der Waals surface area contributed by atoms with Crippen LogP contribution in [0.2, 0.25) is 0 Å². The summed E-state index contributed by atoms with van der Waals surface area (Å²) < 4.78 is 4.98. The van der Waals surface area contributed by atoms with E-state index in [0.717, 1.165) is 24.4 Å². The van der Waals surface area contributed by atoms with Crippen molar-refractivity contribution < 1.29 is 14.5 Å². The molecule has 2 fully saturated rings. The van der Waals surface area contributed by atoms with Crippen LogP contribution in [-0.2, 0) is 4.74 Å². The first kappa shape index (κ1) is 16.5. The summed E-state index contributed by atoms with van der Waals surface area (Å²) in [5.74, 6) is 0.799. The molecule has 1 N–H and O–H groups in total. The van der Waals surface area contributed by atoms with E-state index in [-0.39, 0.29) is 5.69 Å². The summed E-state index contributed by atoms with van der Waals surface area (Å²) >= 11 is 0. The molecule has 7 heteroatoms. The number of ether oxygens (including phenoxy) is 1. The summed E-state index contributed by atoms with van der Waals surface area (Å²) in [5.41, 5.74) is 1.27. The van der Waals surface area contributed by atoms with Gasteiger partial charge in [-0.3, -0.25) is 15.0 Å². The van der Waals surface area contributed by atoms with Gasteiger partial charge in [0.15, 0.2) is 0 Å². The summed E-state index contributed by atoms with van der Waals surface area (Å²) in [6.45, 7) is 2.95. The molecule has 3 rings (SSSR count). The summed E-state index contributed by atoms with van der Waals surface area (Å²) in [5, 5.41) is 14.6. The van der Waals surface area contributed by atoms with Crippen molar-refractivity contribution in [1.29, 1.82) is 0 Å². The number of rotatable bonds is 5. The standard InChI is InChI=1S/C17H23N3O4/c1-2-12-3-5-13(6-4-12)18-15-8-7-14(20(22)23)11-16(15)19-9-10-24-17(19)21/h7-8,11-13,18H,2-6,9-10H2,1H3. The molecular weight excluding hydrogens is 310 g/mol. The van der Waals surface area contributed by atoms with Crippen LogP contribution in [0.5, 0.6) is 0 Å². The molecule has 0 bridgehead atoms. The molecule has 1 aliphatic heterocycles. The van der Waals surface area contributed by atoms with E-state index < -0.39 is 11.0 Å². The van der Waals surface area contributed by atoms with E-state index in [1.807, 2.05) is 0 Å². The monoisotopic (exact) mass is 333 g/mol. The molecule has 1 aliphatic carbocycles. The number of amides is 1. The molecule has 7 nitrogen and oxygen atoms in total. The van der Waals surface area contributed by atoms with Crippen molar-refractivity contribution in [2.45, 2.75) is 45.1 Å². The second-order valence-electron chi connectivity index (χ2n) is 6.49. The number of carbonyl (C=O) groups excluding carboxylic acids is 1. The summed E-state index contributed by atoms with van der Waals surface area (Å²) in [6, 6.07) is 4.97. The molecule has 1 saturated carbocycles. The minimum atomic E-state index is -0.451. The van der Waals surface area contributed by atoms with Crippen molar-refractivity contribution >= 4 is 23.2 Å². The van der Waals surface area contributed by atoms with Crippen molar-refractivity contribution in [1.82, 2.24) is 0 Å². The molecular formula is C17H23N3O4. The first-order valence-electron chi connectivity index (χ1n) is 8.57. The lowest BCUT2D eigenvalue weighted by atomic mass is 9.84. The fourth-order valence-electron chi connectivity index (χ4n) is 3.53. The second kappa shape index (κ2) is 7.07. The number of hydrogen-bond acceptors (Lipinski definition) is 5. The lowest BCUT2D eigenvalue weighted by Gasteiger charge is -2.30. The Morgan fingerprint density at radius 2 is 2.08 bits per heavy atom. The zero-order valence-corrected chi connectivity index (χ0v) is 13.9. The quantitative estimate of drug-likeness (QED) is 0.652. The number of hydrogen-bond donors (Lipinski definition) is 1. The molecule has 0 unspecified atom stereocenters. The van der Waals surface area contributed by atoms with Gasteiger partial charge in [-0.2, -0.15) is 0 Å². The molecule has 0 atom stereocenters.